The monoisotopic (exact) mass is 498 g/mol. The molecule has 0 saturated heterocycles. The first-order chi connectivity index (χ1) is 15.9. The summed E-state index contributed by atoms with van der Waals surface area (Å²) in [5, 5.41) is 3.37. The van der Waals surface area contributed by atoms with Crippen LogP contribution < -0.4 is 9.54 Å². The van der Waals surface area contributed by atoms with E-state index in [2.05, 4.69) is 9.95 Å². The van der Waals surface area contributed by atoms with Gasteiger partial charge in [-0.15, -0.1) is 22.7 Å². The van der Waals surface area contributed by atoms with Gasteiger partial charge in [0.1, 0.15) is 10.8 Å². The van der Waals surface area contributed by atoms with Crippen LogP contribution in [0.5, 0.6) is 5.75 Å². The van der Waals surface area contributed by atoms with Crippen molar-refractivity contribution in [1.29, 1.82) is 0 Å². The third kappa shape index (κ3) is 4.76. The smallest absolute Gasteiger partial charge is 0.341 e. The Morgan fingerprint density at radius 1 is 1.09 bits per heavy atom. The second-order valence-corrected chi connectivity index (χ2v) is 9.72. The summed E-state index contributed by atoms with van der Waals surface area (Å²) < 4.78 is 12.7. The van der Waals surface area contributed by atoms with E-state index in [-0.39, 0.29) is 5.97 Å². The molecule has 4 aromatic rings. The fraction of sp³-hybridized carbons (Fsp3) is 0.200. The number of halogens is 1. The third-order valence-electron chi connectivity index (χ3n) is 5.22. The quantitative estimate of drug-likeness (QED) is 0.270. The zero-order valence-corrected chi connectivity index (χ0v) is 21.1. The predicted octanol–water partition coefficient (Wildman–Crippen LogP) is 6.96. The SMILES string of the molecule is CCOC(=O)c1c(N=c2scc(-c3ccc(OC)cc3)n2-c2ccc(Cl)cc2)sc(C)c1C. The number of methoxy groups -OCH3 is 1. The number of carbonyl (C=O) groups excluding carboxylic acids is 1. The Hall–Kier alpha value is -2.87. The molecule has 0 atom stereocenters. The van der Waals surface area contributed by atoms with E-state index in [1.54, 1.807) is 14.0 Å². The van der Waals surface area contributed by atoms with Crippen LogP contribution in [-0.2, 0) is 4.74 Å². The van der Waals surface area contributed by atoms with Crippen LogP contribution >= 0.6 is 34.3 Å². The zero-order chi connectivity index (χ0) is 23.5. The van der Waals surface area contributed by atoms with Crippen LogP contribution in [0, 0.1) is 13.8 Å². The Balaban J connectivity index is 1.94. The number of nitrogens with zero attached hydrogens (tertiary/aromatic N) is 2. The highest BCUT2D eigenvalue weighted by Crippen LogP contribution is 2.35. The number of carbonyl (C=O) groups is 1. The van der Waals surface area contributed by atoms with Gasteiger partial charge in [0.05, 0.1) is 25.0 Å². The number of benzene rings is 2. The Morgan fingerprint density at radius 3 is 2.42 bits per heavy atom. The predicted molar refractivity (Wildman–Crippen MR) is 136 cm³/mol. The number of thiazole rings is 1. The van der Waals surface area contributed by atoms with Gasteiger partial charge in [-0.25, -0.2) is 9.79 Å². The maximum Gasteiger partial charge on any atom is 0.341 e. The molecule has 0 aliphatic heterocycles. The summed E-state index contributed by atoms with van der Waals surface area (Å²) in [6.07, 6.45) is 0. The number of esters is 1. The van der Waals surface area contributed by atoms with Crippen molar-refractivity contribution in [2.75, 3.05) is 13.7 Å². The summed E-state index contributed by atoms with van der Waals surface area (Å²) in [5.74, 6) is 0.448. The number of ether oxygens (including phenoxy) is 2. The fourth-order valence-corrected chi connectivity index (χ4v) is 5.52. The Labute approximate surface area is 205 Å². The van der Waals surface area contributed by atoms with E-state index in [9.17, 15) is 4.79 Å². The summed E-state index contributed by atoms with van der Waals surface area (Å²) in [6.45, 7) is 6.05. The van der Waals surface area contributed by atoms with Crippen LogP contribution in [0.1, 0.15) is 27.7 Å². The molecular weight excluding hydrogens is 476 g/mol. The molecule has 170 valence electrons. The number of aromatic nitrogens is 1. The third-order valence-corrected chi connectivity index (χ3v) is 7.40. The van der Waals surface area contributed by atoms with Gasteiger partial charge in [0.2, 0.25) is 0 Å². The Morgan fingerprint density at radius 2 is 1.79 bits per heavy atom. The van der Waals surface area contributed by atoms with Gasteiger partial charge in [-0.1, -0.05) is 11.6 Å². The first kappa shape index (κ1) is 23.3. The second-order valence-electron chi connectivity index (χ2n) is 7.24. The van der Waals surface area contributed by atoms with Gasteiger partial charge in [-0.05, 0) is 80.4 Å². The average molecular weight is 499 g/mol. The first-order valence-electron chi connectivity index (χ1n) is 10.4. The molecule has 0 N–H and O–H groups in total. The molecule has 0 amide bonds. The summed E-state index contributed by atoms with van der Waals surface area (Å²) >= 11 is 9.15. The number of hydrogen-bond acceptors (Lipinski definition) is 6. The fourth-order valence-electron chi connectivity index (χ4n) is 3.41. The molecule has 0 bridgehead atoms. The molecule has 2 aromatic heterocycles. The lowest BCUT2D eigenvalue weighted by molar-refractivity contribution is 0.0527. The molecule has 8 heteroatoms. The lowest BCUT2D eigenvalue weighted by atomic mass is 10.1. The largest absolute Gasteiger partial charge is 0.497 e. The van der Waals surface area contributed by atoms with E-state index < -0.39 is 0 Å². The van der Waals surface area contributed by atoms with E-state index in [0.29, 0.717) is 22.2 Å². The van der Waals surface area contributed by atoms with Gasteiger partial charge < -0.3 is 9.47 Å². The van der Waals surface area contributed by atoms with Gasteiger partial charge in [0.25, 0.3) is 0 Å². The van der Waals surface area contributed by atoms with Gasteiger partial charge >= 0.3 is 5.97 Å². The summed E-state index contributed by atoms with van der Waals surface area (Å²) in [5.41, 5.74) is 4.36. The molecule has 2 aromatic carbocycles. The van der Waals surface area contributed by atoms with Crippen molar-refractivity contribution in [3.8, 4) is 22.7 Å². The molecule has 0 aliphatic rings. The molecule has 0 spiro atoms. The van der Waals surface area contributed by atoms with E-state index in [0.717, 1.165) is 37.9 Å². The zero-order valence-electron chi connectivity index (χ0n) is 18.7. The summed E-state index contributed by atoms with van der Waals surface area (Å²) in [7, 11) is 1.65. The first-order valence-corrected chi connectivity index (χ1v) is 12.4. The van der Waals surface area contributed by atoms with Crippen molar-refractivity contribution in [1.82, 2.24) is 4.57 Å². The molecule has 2 heterocycles. The Kier molecular flexibility index (Phi) is 7.02. The van der Waals surface area contributed by atoms with Crippen LogP contribution in [0.25, 0.3) is 16.9 Å². The number of hydrogen-bond donors (Lipinski definition) is 0. The highest BCUT2D eigenvalue weighted by molar-refractivity contribution is 7.16. The van der Waals surface area contributed by atoms with Crippen LogP contribution in [-0.4, -0.2) is 24.3 Å². The standard InChI is InChI=1S/C25H23ClN2O3S2/c1-5-31-24(29)22-15(2)16(3)33-23(22)27-25-28(19-10-8-18(26)9-11-19)21(14-32-25)17-6-12-20(30-4)13-7-17/h6-14H,5H2,1-4H3. The van der Waals surface area contributed by atoms with Crippen molar-refractivity contribution < 1.29 is 14.3 Å². The van der Waals surface area contributed by atoms with Crippen molar-refractivity contribution in [3.05, 3.63) is 79.7 Å². The lowest BCUT2D eigenvalue weighted by Crippen LogP contribution is -2.14. The van der Waals surface area contributed by atoms with E-state index in [1.807, 2.05) is 62.4 Å². The van der Waals surface area contributed by atoms with Gasteiger partial charge in [-0.3, -0.25) is 4.57 Å². The van der Waals surface area contributed by atoms with Crippen molar-refractivity contribution >= 4 is 45.2 Å². The minimum Gasteiger partial charge on any atom is -0.497 e. The molecule has 0 saturated carbocycles. The highest BCUT2D eigenvalue weighted by Gasteiger charge is 2.21. The molecule has 4 rings (SSSR count). The average Bonchev–Trinajstić information content (AvgIpc) is 3.35. The molecular formula is C25H23ClN2O3S2. The minimum atomic E-state index is -0.344. The lowest BCUT2D eigenvalue weighted by Gasteiger charge is -2.10. The second kappa shape index (κ2) is 9.95. The Bertz CT molecular complexity index is 1350. The van der Waals surface area contributed by atoms with Crippen LogP contribution in [0.15, 0.2) is 58.9 Å². The maximum absolute atomic E-state index is 12.7. The molecule has 0 radical (unpaired) electrons. The van der Waals surface area contributed by atoms with Crippen molar-refractivity contribution in [2.24, 2.45) is 4.99 Å². The van der Waals surface area contributed by atoms with Crippen LogP contribution in [0.4, 0.5) is 5.00 Å². The van der Waals surface area contributed by atoms with Gasteiger partial charge in [-0.2, -0.15) is 0 Å². The molecule has 5 nitrogen and oxygen atoms in total. The van der Waals surface area contributed by atoms with E-state index in [1.165, 1.54) is 22.7 Å². The van der Waals surface area contributed by atoms with Gasteiger partial charge in [0, 0.05) is 21.0 Å². The maximum atomic E-state index is 12.7. The summed E-state index contributed by atoms with van der Waals surface area (Å²) in [6, 6.07) is 15.5. The number of aryl methyl sites for hydroxylation is 1. The summed E-state index contributed by atoms with van der Waals surface area (Å²) in [4.78, 5) is 19.4. The normalized spacial score (nSPS) is 11.6. The van der Waals surface area contributed by atoms with Crippen molar-refractivity contribution in [3.63, 3.8) is 0 Å². The van der Waals surface area contributed by atoms with Crippen LogP contribution in [0.3, 0.4) is 0 Å². The molecule has 33 heavy (non-hydrogen) atoms. The minimum absolute atomic E-state index is 0.317. The van der Waals surface area contributed by atoms with Crippen LogP contribution in [0.2, 0.25) is 5.02 Å². The van der Waals surface area contributed by atoms with E-state index in [4.69, 9.17) is 26.1 Å². The van der Waals surface area contributed by atoms with E-state index >= 15 is 0 Å². The number of rotatable bonds is 6. The molecule has 0 fully saturated rings. The number of thiophene rings is 1. The molecule has 0 aliphatic carbocycles. The van der Waals surface area contributed by atoms with Crippen molar-refractivity contribution in [2.45, 2.75) is 20.8 Å². The molecule has 0 unspecified atom stereocenters. The van der Waals surface area contributed by atoms with Gasteiger partial charge in [0.15, 0.2) is 4.80 Å². The topological polar surface area (TPSA) is 52.8 Å². The highest BCUT2D eigenvalue weighted by atomic mass is 35.5.